The Morgan fingerprint density at radius 2 is 2.12 bits per heavy atom. The van der Waals surface area contributed by atoms with Crippen LogP contribution < -0.4 is 5.32 Å². The first-order chi connectivity index (χ1) is 11.5. The number of ether oxygens (including phenoxy) is 1. The lowest BCUT2D eigenvalue weighted by Crippen LogP contribution is -2.36. The highest BCUT2D eigenvalue weighted by molar-refractivity contribution is 5.93. The molecule has 2 aromatic heterocycles. The molecule has 0 aromatic carbocycles. The molecule has 1 saturated heterocycles. The molecule has 8 nitrogen and oxygen atoms in total. The highest BCUT2D eigenvalue weighted by Crippen LogP contribution is 2.30. The lowest BCUT2D eigenvalue weighted by atomic mass is 9.91. The molecule has 1 fully saturated rings. The first kappa shape index (κ1) is 16.6. The molecule has 24 heavy (non-hydrogen) atoms. The highest BCUT2D eigenvalue weighted by Gasteiger charge is 2.32. The van der Waals surface area contributed by atoms with Crippen LogP contribution in [0.15, 0.2) is 16.9 Å². The van der Waals surface area contributed by atoms with E-state index in [1.165, 1.54) is 0 Å². The van der Waals surface area contributed by atoms with Crippen LogP contribution in [-0.4, -0.2) is 39.0 Å². The van der Waals surface area contributed by atoms with E-state index in [4.69, 9.17) is 9.26 Å². The third-order valence-electron chi connectivity index (χ3n) is 4.23. The van der Waals surface area contributed by atoms with Crippen molar-refractivity contribution in [2.24, 2.45) is 13.0 Å². The largest absolute Gasteiger partial charge is 0.381 e. The van der Waals surface area contributed by atoms with Crippen LogP contribution >= 0.6 is 0 Å². The average Bonchev–Trinajstić information content (AvgIpc) is 3.22. The van der Waals surface area contributed by atoms with Gasteiger partial charge in [0.05, 0.1) is 11.8 Å². The number of aryl methyl sites for hydroxylation is 1. The monoisotopic (exact) mass is 333 g/mol. The van der Waals surface area contributed by atoms with E-state index in [-0.39, 0.29) is 23.8 Å². The molecule has 3 rings (SSSR count). The Labute approximate surface area is 140 Å². The summed E-state index contributed by atoms with van der Waals surface area (Å²) in [7, 11) is 1.78. The van der Waals surface area contributed by atoms with E-state index in [9.17, 15) is 4.79 Å². The van der Waals surface area contributed by atoms with Gasteiger partial charge in [-0.05, 0) is 18.8 Å². The molecule has 2 aromatic rings. The Balaban J connectivity index is 1.82. The minimum atomic E-state index is -0.318. The normalized spacial score (nSPS) is 17.2. The molecule has 0 spiro atoms. The van der Waals surface area contributed by atoms with Gasteiger partial charge in [-0.2, -0.15) is 10.1 Å². The van der Waals surface area contributed by atoms with E-state index in [0.717, 1.165) is 12.8 Å². The first-order valence-corrected chi connectivity index (χ1v) is 8.25. The molecule has 0 bridgehead atoms. The third kappa shape index (κ3) is 3.64. The molecule has 1 amide bonds. The molecule has 0 saturated carbocycles. The van der Waals surface area contributed by atoms with Crippen LogP contribution in [-0.2, 0) is 11.8 Å². The van der Waals surface area contributed by atoms with Gasteiger partial charge >= 0.3 is 0 Å². The number of carbonyl (C=O) groups excluding carboxylic acids is 1. The maximum atomic E-state index is 12.5. The van der Waals surface area contributed by atoms with Crippen molar-refractivity contribution in [1.29, 1.82) is 0 Å². The summed E-state index contributed by atoms with van der Waals surface area (Å²) in [4.78, 5) is 17.0. The van der Waals surface area contributed by atoms with E-state index >= 15 is 0 Å². The quantitative estimate of drug-likeness (QED) is 0.897. The van der Waals surface area contributed by atoms with Gasteiger partial charge in [0.2, 0.25) is 5.89 Å². The van der Waals surface area contributed by atoms with Gasteiger partial charge in [0.15, 0.2) is 5.82 Å². The summed E-state index contributed by atoms with van der Waals surface area (Å²) in [5, 5.41) is 11.1. The molecule has 0 radical (unpaired) electrons. The third-order valence-corrected chi connectivity index (χ3v) is 4.23. The minimum absolute atomic E-state index is 0.173. The number of amides is 1. The fraction of sp³-hybridized carbons (Fsp3) is 0.625. The number of nitrogens with zero attached hydrogens (tertiary/aromatic N) is 4. The Morgan fingerprint density at radius 1 is 1.38 bits per heavy atom. The van der Waals surface area contributed by atoms with Crippen LogP contribution in [0.3, 0.4) is 0 Å². The van der Waals surface area contributed by atoms with Crippen molar-refractivity contribution in [1.82, 2.24) is 25.2 Å². The molecule has 1 N–H and O–H groups in total. The molecular formula is C16H23N5O3. The number of carbonyl (C=O) groups is 1. The number of hydrogen-bond acceptors (Lipinski definition) is 6. The standard InChI is InChI=1S/C16H23N5O3/c1-10(2)14-19-16(24-20-14)13(11-4-6-23-7-5-11)18-15(22)12-8-17-21(3)9-12/h8-11,13H,4-7H2,1-3H3,(H,18,22). The average molecular weight is 333 g/mol. The SMILES string of the molecule is CC(C)c1noc(C(NC(=O)c2cnn(C)c2)C2CCOCC2)n1. The summed E-state index contributed by atoms with van der Waals surface area (Å²) in [5.41, 5.74) is 0.512. The van der Waals surface area contributed by atoms with E-state index < -0.39 is 0 Å². The molecule has 3 heterocycles. The van der Waals surface area contributed by atoms with Crippen LogP contribution in [0.25, 0.3) is 0 Å². The second-order valence-electron chi connectivity index (χ2n) is 6.45. The van der Waals surface area contributed by atoms with Crippen molar-refractivity contribution in [2.45, 2.75) is 38.6 Å². The topological polar surface area (TPSA) is 95.1 Å². The van der Waals surface area contributed by atoms with Gasteiger partial charge in [-0.3, -0.25) is 9.48 Å². The molecule has 1 aliphatic rings. The van der Waals surface area contributed by atoms with Crippen LogP contribution in [0.2, 0.25) is 0 Å². The second kappa shape index (κ2) is 7.12. The minimum Gasteiger partial charge on any atom is -0.381 e. The maximum Gasteiger partial charge on any atom is 0.255 e. The molecule has 1 unspecified atom stereocenters. The zero-order valence-electron chi connectivity index (χ0n) is 14.2. The molecular weight excluding hydrogens is 310 g/mol. The summed E-state index contributed by atoms with van der Waals surface area (Å²) in [5.74, 6) is 1.30. The van der Waals surface area contributed by atoms with Gasteiger partial charge in [-0.1, -0.05) is 19.0 Å². The van der Waals surface area contributed by atoms with Crippen LogP contribution in [0.1, 0.15) is 60.7 Å². The number of nitrogens with one attached hydrogen (secondary N) is 1. The van der Waals surface area contributed by atoms with Crippen molar-refractivity contribution in [3.8, 4) is 0 Å². The van der Waals surface area contributed by atoms with Gasteiger partial charge in [0, 0.05) is 32.4 Å². The number of hydrogen-bond donors (Lipinski definition) is 1. The van der Waals surface area contributed by atoms with Crippen molar-refractivity contribution in [3.05, 3.63) is 29.7 Å². The van der Waals surface area contributed by atoms with Crippen molar-refractivity contribution in [3.63, 3.8) is 0 Å². The zero-order chi connectivity index (χ0) is 17.1. The lowest BCUT2D eigenvalue weighted by Gasteiger charge is -2.28. The summed E-state index contributed by atoms with van der Waals surface area (Å²) in [6.45, 7) is 5.36. The first-order valence-electron chi connectivity index (χ1n) is 8.25. The molecule has 1 aliphatic heterocycles. The van der Waals surface area contributed by atoms with E-state index in [0.29, 0.717) is 30.5 Å². The van der Waals surface area contributed by atoms with Crippen LogP contribution in [0.5, 0.6) is 0 Å². The van der Waals surface area contributed by atoms with Crippen LogP contribution in [0.4, 0.5) is 0 Å². The van der Waals surface area contributed by atoms with Crippen molar-refractivity contribution >= 4 is 5.91 Å². The summed E-state index contributed by atoms with van der Waals surface area (Å²) >= 11 is 0. The Bertz CT molecular complexity index is 687. The maximum absolute atomic E-state index is 12.5. The van der Waals surface area contributed by atoms with Gasteiger partial charge in [-0.15, -0.1) is 0 Å². The number of rotatable bonds is 5. The predicted molar refractivity (Wildman–Crippen MR) is 85.3 cm³/mol. The van der Waals surface area contributed by atoms with E-state index in [2.05, 4.69) is 20.6 Å². The van der Waals surface area contributed by atoms with Crippen molar-refractivity contribution in [2.75, 3.05) is 13.2 Å². The van der Waals surface area contributed by atoms with Gasteiger partial charge < -0.3 is 14.6 Å². The number of aromatic nitrogens is 4. The van der Waals surface area contributed by atoms with Crippen LogP contribution in [0, 0.1) is 5.92 Å². The summed E-state index contributed by atoms with van der Waals surface area (Å²) in [6, 6.07) is -0.318. The van der Waals surface area contributed by atoms with Crippen molar-refractivity contribution < 1.29 is 14.1 Å². The highest BCUT2D eigenvalue weighted by atomic mass is 16.5. The predicted octanol–water partition coefficient (Wildman–Crippen LogP) is 1.82. The second-order valence-corrected chi connectivity index (χ2v) is 6.45. The Hall–Kier alpha value is -2.22. The fourth-order valence-corrected chi connectivity index (χ4v) is 2.80. The molecule has 130 valence electrons. The molecule has 1 atom stereocenters. The summed E-state index contributed by atoms with van der Waals surface area (Å²) < 4.78 is 12.5. The van der Waals surface area contributed by atoms with E-state index in [1.807, 2.05) is 13.8 Å². The molecule has 0 aliphatic carbocycles. The lowest BCUT2D eigenvalue weighted by molar-refractivity contribution is 0.0468. The smallest absolute Gasteiger partial charge is 0.255 e. The molecule has 8 heteroatoms. The Kier molecular flexibility index (Phi) is 4.94. The fourth-order valence-electron chi connectivity index (χ4n) is 2.80. The van der Waals surface area contributed by atoms with Gasteiger partial charge in [0.25, 0.3) is 5.91 Å². The Morgan fingerprint density at radius 3 is 2.71 bits per heavy atom. The summed E-state index contributed by atoms with van der Waals surface area (Å²) in [6.07, 6.45) is 4.92. The van der Waals surface area contributed by atoms with Gasteiger partial charge in [-0.25, -0.2) is 0 Å². The zero-order valence-corrected chi connectivity index (χ0v) is 14.2. The van der Waals surface area contributed by atoms with Gasteiger partial charge in [0.1, 0.15) is 6.04 Å². The van der Waals surface area contributed by atoms with E-state index in [1.54, 1.807) is 24.1 Å².